The quantitative estimate of drug-likeness (QED) is 0.682. The zero-order chi connectivity index (χ0) is 20.1. The molecule has 0 fully saturated rings. The second kappa shape index (κ2) is 6.50. The van der Waals surface area contributed by atoms with Crippen molar-refractivity contribution in [2.24, 2.45) is 5.73 Å². The Bertz CT molecular complexity index is 1250. The van der Waals surface area contributed by atoms with Gasteiger partial charge in [0.2, 0.25) is 11.8 Å². The molecule has 0 saturated carbocycles. The minimum atomic E-state index is -3.84. The molecule has 0 bridgehead atoms. The molecule has 28 heavy (non-hydrogen) atoms. The molecular weight excluding hydrogens is 402 g/mol. The number of carbonyl (C=O) groups is 2. The average Bonchev–Trinajstić information content (AvgIpc) is 2.86. The van der Waals surface area contributed by atoms with Crippen molar-refractivity contribution in [3.05, 3.63) is 65.2 Å². The third-order valence-corrected chi connectivity index (χ3v) is 6.62. The topological polar surface area (TPSA) is 110 Å². The molecule has 0 spiro atoms. The van der Waals surface area contributed by atoms with Crippen LogP contribution >= 0.6 is 11.6 Å². The van der Waals surface area contributed by atoms with Crippen molar-refractivity contribution in [3.63, 3.8) is 0 Å². The van der Waals surface area contributed by atoms with E-state index in [9.17, 15) is 18.0 Å². The van der Waals surface area contributed by atoms with Gasteiger partial charge in [-0.25, -0.2) is 8.42 Å². The number of nitrogens with two attached hydrogens (primary N) is 1. The molecule has 3 aromatic carbocycles. The van der Waals surface area contributed by atoms with E-state index >= 15 is 0 Å². The summed E-state index contributed by atoms with van der Waals surface area (Å²) < 4.78 is 26.9. The van der Waals surface area contributed by atoms with Crippen LogP contribution in [0.5, 0.6) is 0 Å². The van der Waals surface area contributed by atoms with Gasteiger partial charge < -0.3 is 11.1 Å². The lowest BCUT2D eigenvalue weighted by Gasteiger charge is -2.18. The Labute approximate surface area is 165 Å². The number of anilines is 2. The molecule has 0 unspecified atom stereocenters. The van der Waals surface area contributed by atoms with Crippen LogP contribution in [0.2, 0.25) is 5.02 Å². The van der Waals surface area contributed by atoms with Crippen LogP contribution in [0, 0.1) is 0 Å². The van der Waals surface area contributed by atoms with Crippen molar-refractivity contribution in [1.29, 1.82) is 0 Å². The summed E-state index contributed by atoms with van der Waals surface area (Å²) in [6.45, 7) is -0.412. The smallest absolute Gasteiger partial charge is 0.265 e. The lowest BCUT2D eigenvalue weighted by Crippen LogP contribution is -2.35. The van der Waals surface area contributed by atoms with E-state index in [1.165, 1.54) is 24.3 Å². The number of hydrogen-bond acceptors (Lipinski definition) is 4. The summed E-state index contributed by atoms with van der Waals surface area (Å²) in [6.07, 6.45) is 0. The maximum Gasteiger partial charge on any atom is 0.265 e. The number of rotatable bonds is 4. The molecule has 1 aliphatic rings. The van der Waals surface area contributed by atoms with Gasteiger partial charge in [-0.05, 0) is 35.7 Å². The van der Waals surface area contributed by atoms with Crippen molar-refractivity contribution < 1.29 is 18.0 Å². The molecule has 4 rings (SSSR count). The Kier molecular flexibility index (Phi) is 4.24. The van der Waals surface area contributed by atoms with Crippen LogP contribution in [0.4, 0.5) is 11.4 Å². The molecule has 9 heteroatoms. The summed E-state index contributed by atoms with van der Waals surface area (Å²) >= 11 is 5.90. The molecule has 1 heterocycles. The fraction of sp³-hybridized carbons (Fsp3) is 0.0526. The maximum atomic E-state index is 12.9. The van der Waals surface area contributed by atoms with Crippen molar-refractivity contribution in [3.8, 4) is 0 Å². The molecule has 0 radical (unpaired) electrons. The van der Waals surface area contributed by atoms with E-state index in [0.29, 0.717) is 11.1 Å². The minimum absolute atomic E-state index is 0.0606. The van der Waals surface area contributed by atoms with Crippen LogP contribution in [0.3, 0.4) is 0 Å². The molecule has 3 N–H and O–H groups in total. The highest BCUT2D eigenvalue weighted by Crippen LogP contribution is 2.41. The number of halogens is 1. The first-order valence-corrected chi connectivity index (χ1v) is 10.0. The normalized spacial score (nSPS) is 14.2. The van der Waals surface area contributed by atoms with Crippen molar-refractivity contribution in [2.45, 2.75) is 4.90 Å². The number of carbonyl (C=O) groups excluding carboxylic acids is 2. The molecule has 142 valence electrons. The molecule has 0 atom stereocenters. The molecule has 0 saturated heterocycles. The lowest BCUT2D eigenvalue weighted by atomic mass is 10.1. The molecule has 2 amide bonds. The summed E-state index contributed by atoms with van der Waals surface area (Å²) in [6, 6.07) is 14.5. The van der Waals surface area contributed by atoms with Gasteiger partial charge in [-0.2, -0.15) is 0 Å². The summed E-state index contributed by atoms with van der Waals surface area (Å²) in [7, 11) is -3.84. The summed E-state index contributed by atoms with van der Waals surface area (Å²) in [4.78, 5) is 24.1. The van der Waals surface area contributed by atoms with E-state index in [1.54, 1.807) is 18.2 Å². The Morgan fingerprint density at radius 1 is 1.07 bits per heavy atom. The van der Waals surface area contributed by atoms with Gasteiger partial charge >= 0.3 is 0 Å². The van der Waals surface area contributed by atoms with Gasteiger partial charge in [-0.1, -0.05) is 35.9 Å². The van der Waals surface area contributed by atoms with Gasteiger partial charge in [0.25, 0.3) is 10.0 Å². The molecule has 0 aromatic heterocycles. The minimum Gasteiger partial charge on any atom is -0.366 e. The largest absolute Gasteiger partial charge is 0.366 e. The van der Waals surface area contributed by atoms with Gasteiger partial charge in [0.15, 0.2) is 0 Å². The standard InChI is InChI=1S/C19H14ClN3O4S/c20-14-8-7-12(9-13(14)19(21)25)22-17(24)10-23-15-5-1-3-11-4-2-6-16(18(11)15)28(23,26)27/h1-9H,10H2,(H2,21,25)(H,22,24). The van der Waals surface area contributed by atoms with Crippen LogP contribution < -0.4 is 15.4 Å². The highest BCUT2D eigenvalue weighted by Gasteiger charge is 2.36. The third kappa shape index (κ3) is 2.87. The zero-order valence-electron chi connectivity index (χ0n) is 14.3. The van der Waals surface area contributed by atoms with Crippen molar-refractivity contribution in [1.82, 2.24) is 0 Å². The predicted octanol–water partition coefficient (Wildman–Crippen LogP) is 2.74. The number of nitrogens with zero attached hydrogens (tertiary/aromatic N) is 1. The summed E-state index contributed by atoms with van der Waals surface area (Å²) in [5.41, 5.74) is 6.05. The predicted molar refractivity (Wildman–Crippen MR) is 107 cm³/mol. The molecule has 7 nitrogen and oxygen atoms in total. The van der Waals surface area contributed by atoms with Crippen molar-refractivity contribution >= 4 is 55.6 Å². The van der Waals surface area contributed by atoms with E-state index in [1.807, 2.05) is 12.1 Å². The molecule has 3 aromatic rings. The average molecular weight is 416 g/mol. The van der Waals surface area contributed by atoms with Gasteiger partial charge in [0, 0.05) is 11.1 Å². The van der Waals surface area contributed by atoms with Crippen LogP contribution in [-0.4, -0.2) is 26.8 Å². The third-order valence-electron chi connectivity index (χ3n) is 4.48. The Morgan fingerprint density at radius 3 is 2.50 bits per heavy atom. The maximum absolute atomic E-state index is 12.9. The first-order valence-electron chi connectivity index (χ1n) is 8.23. The van der Waals surface area contributed by atoms with Crippen LogP contribution in [0.15, 0.2) is 59.5 Å². The zero-order valence-corrected chi connectivity index (χ0v) is 15.9. The van der Waals surface area contributed by atoms with E-state index in [2.05, 4.69) is 5.32 Å². The highest BCUT2D eigenvalue weighted by atomic mass is 35.5. The van der Waals surface area contributed by atoms with Gasteiger partial charge in [0.1, 0.15) is 6.54 Å². The van der Waals surface area contributed by atoms with E-state index in [4.69, 9.17) is 17.3 Å². The summed E-state index contributed by atoms with van der Waals surface area (Å²) in [5.74, 6) is -1.29. The number of nitrogens with one attached hydrogen (secondary N) is 1. The highest BCUT2D eigenvalue weighted by molar-refractivity contribution is 7.93. The molecular formula is C19H14ClN3O4S. The number of amides is 2. The second-order valence-corrected chi connectivity index (χ2v) is 8.49. The van der Waals surface area contributed by atoms with E-state index in [-0.39, 0.29) is 21.2 Å². The molecule has 1 aliphatic heterocycles. The number of primary amides is 1. The second-order valence-electron chi connectivity index (χ2n) is 6.25. The van der Waals surface area contributed by atoms with Crippen LogP contribution in [0.25, 0.3) is 10.8 Å². The first kappa shape index (κ1) is 18.3. The SMILES string of the molecule is NC(=O)c1cc(NC(=O)CN2c3cccc4cccc(c34)S2(=O)=O)ccc1Cl. The van der Waals surface area contributed by atoms with Gasteiger partial charge in [0.05, 0.1) is 21.2 Å². The van der Waals surface area contributed by atoms with E-state index in [0.717, 1.165) is 9.69 Å². The van der Waals surface area contributed by atoms with Gasteiger partial charge in [-0.3, -0.25) is 13.9 Å². The number of sulfonamides is 1. The number of hydrogen-bond donors (Lipinski definition) is 2. The van der Waals surface area contributed by atoms with Crippen LogP contribution in [0.1, 0.15) is 10.4 Å². The lowest BCUT2D eigenvalue weighted by molar-refractivity contribution is -0.114. The van der Waals surface area contributed by atoms with Crippen LogP contribution in [-0.2, 0) is 14.8 Å². The van der Waals surface area contributed by atoms with Gasteiger partial charge in [-0.15, -0.1) is 0 Å². The van der Waals surface area contributed by atoms with Crippen molar-refractivity contribution in [2.75, 3.05) is 16.2 Å². The summed E-state index contributed by atoms with van der Waals surface area (Å²) in [5, 5.41) is 4.12. The fourth-order valence-corrected chi connectivity index (χ4v) is 5.13. The first-order chi connectivity index (χ1) is 13.3. The Morgan fingerprint density at radius 2 is 1.79 bits per heavy atom. The fourth-order valence-electron chi connectivity index (χ4n) is 3.25. The molecule has 0 aliphatic carbocycles. The Hall–Kier alpha value is -3.10. The number of benzene rings is 3. The monoisotopic (exact) mass is 415 g/mol. The van der Waals surface area contributed by atoms with E-state index < -0.39 is 28.4 Å². The Balaban J connectivity index is 1.64.